The molecule has 1 aromatic heterocycles. The molecule has 1 saturated carbocycles. The second-order valence-electron chi connectivity index (χ2n) is 5.74. The van der Waals surface area contributed by atoms with Crippen LogP contribution in [0.15, 0.2) is 24.3 Å². The highest BCUT2D eigenvalue weighted by Crippen LogP contribution is 2.39. The number of hydrogen-bond donors (Lipinski definition) is 2. The van der Waals surface area contributed by atoms with Gasteiger partial charge in [-0.05, 0) is 50.8 Å². The van der Waals surface area contributed by atoms with Crippen molar-refractivity contribution in [1.29, 1.82) is 0 Å². The summed E-state index contributed by atoms with van der Waals surface area (Å²) in [6, 6.07) is 8.39. The second kappa shape index (κ2) is 5.72. The van der Waals surface area contributed by atoms with Crippen LogP contribution in [-0.2, 0) is 0 Å². The van der Waals surface area contributed by atoms with Gasteiger partial charge in [-0.3, -0.25) is 0 Å². The number of nitrogens with one attached hydrogen (secondary N) is 2. The molecule has 1 heterocycles. The van der Waals surface area contributed by atoms with Crippen molar-refractivity contribution in [3.8, 4) is 0 Å². The number of aryl methyl sites for hydroxylation is 2. The first-order chi connectivity index (χ1) is 10.2. The molecule has 21 heavy (non-hydrogen) atoms. The van der Waals surface area contributed by atoms with E-state index in [1.54, 1.807) is 0 Å². The Morgan fingerprint density at radius 2 is 1.86 bits per heavy atom. The molecule has 0 aliphatic heterocycles. The summed E-state index contributed by atoms with van der Waals surface area (Å²) in [6.07, 6.45) is 2.41. The summed E-state index contributed by atoms with van der Waals surface area (Å²) in [4.78, 5) is 9.29. The van der Waals surface area contributed by atoms with Crippen LogP contribution in [0.1, 0.15) is 42.6 Å². The van der Waals surface area contributed by atoms with Crippen molar-refractivity contribution in [2.24, 2.45) is 0 Å². The van der Waals surface area contributed by atoms with E-state index in [1.165, 1.54) is 24.0 Å². The summed E-state index contributed by atoms with van der Waals surface area (Å²) in [5, 5.41) is 6.74. The molecule has 1 aliphatic rings. The summed E-state index contributed by atoms with van der Waals surface area (Å²) < 4.78 is 0. The van der Waals surface area contributed by atoms with Crippen LogP contribution in [0.5, 0.6) is 0 Å². The normalized spacial score (nSPS) is 14.0. The second-order valence-corrected chi connectivity index (χ2v) is 5.74. The van der Waals surface area contributed by atoms with Crippen LogP contribution in [0.3, 0.4) is 0 Å². The number of hydrogen-bond acceptors (Lipinski definition) is 4. The first-order valence-electron chi connectivity index (χ1n) is 7.63. The van der Waals surface area contributed by atoms with Gasteiger partial charge in [0.05, 0.1) is 0 Å². The molecule has 110 valence electrons. The standard InChI is InChI=1S/C17H22N4/c1-4-18-15-10-16(21-17(20-15)13-7-8-13)19-14-9-11(2)5-6-12(14)3/h5-6,9-10,13H,4,7-8H2,1-3H3,(H2,18,19,20,21). The quantitative estimate of drug-likeness (QED) is 0.865. The maximum absolute atomic E-state index is 4.68. The van der Waals surface area contributed by atoms with Crippen molar-refractivity contribution >= 4 is 17.3 Å². The number of rotatable bonds is 5. The van der Waals surface area contributed by atoms with Crippen molar-refractivity contribution < 1.29 is 0 Å². The fourth-order valence-electron chi connectivity index (χ4n) is 2.33. The first-order valence-corrected chi connectivity index (χ1v) is 7.63. The van der Waals surface area contributed by atoms with Gasteiger partial charge in [-0.15, -0.1) is 0 Å². The third kappa shape index (κ3) is 3.32. The average Bonchev–Trinajstić information content (AvgIpc) is 3.28. The largest absolute Gasteiger partial charge is 0.370 e. The van der Waals surface area contributed by atoms with E-state index in [0.29, 0.717) is 5.92 Å². The van der Waals surface area contributed by atoms with Gasteiger partial charge in [0.25, 0.3) is 0 Å². The van der Waals surface area contributed by atoms with E-state index < -0.39 is 0 Å². The van der Waals surface area contributed by atoms with Gasteiger partial charge in [0, 0.05) is 24.2 Å². The lowest BCUT2D eigenvalue weighted by Gasteiger charge is -2.12. The Labute approximate surface area is 126 Å². The lowest BCUT2D eigenvalue weighted by atomic mass is 10.1. The lowest BCUT2D eigenvalue weighted by molar-refractivity contribution is 0.927. The van der Waals surface area contributed by atoms with Crippen molar-refractivity contribution in [2.45, 2.75) is 39.5 Å². The molecule has 0 unspecified atom stereocenters. The summed E-state index contributed by atoms with van der Waals surface area (Å²) in [5.74, 6) is 3.28. The minimum Gasteiger partial charge on any atom is -0.370 e. The van der Waals surface area contributed by atoms with Crippen LogP contribution >= 0.6 is 0 Å². The minimum atomic E-state index is 0.544. The van der Waals surface area contributed by atoms with E-state index in [4.69, 9.17) is 0 Å². The molecule has 0 spiro atoms. The Kier molecular flexibility index (Phi) is 3.78. The summed E-state index contributed by atoms with van der Waals surface area (Å²) in [5.41, 5.74) is 3.57. The number of nitrogens with zero attached hydrogens (tertiary/aromatic N) is 2. The average molecular weight is 282 g/mol. The predicted octanol–water partition coefficient (Wildman–Crippen LogP) is 4.15. The highest BCUT2D eigenvalue weighted by molar-refractivity contribution is 5.63. The topological polar surface area (TPSA) is 49.8 Å². The van der Waals surface area contributed by atoms with Gasteiger partial charge in [0.1, 0.15) is 17.5 Å². The van der Waals surface area contributed by atoms with Crippen LogP contribution in [-0.4, -0.2) is 16.5 Å². The summed E-state index contributed by atoms with van der Waals surface area (Å²) in [6.45, 7) is 7.15. The third-order valence-corrected chi connectivity index (χ3v) is 3.70. The van der Waals surface area contributed by atoms with Crippen LogP contribution < -0.4 is 10.6 Å². The van der Waals surface area contributed by atoms with E-state index in [-0.39, 0.29) is 0 Å². The fraction of sp³-hybridized carbons (Fsp3) is 0.412. The van der Waals surface area contributed by atoms with E-state index >= 15 is 0 Å². The molecular weight excluding hydrogens is 260 g/mol. The molecule has 0 atom stereocenters. The molecule has 1 aromatic carbocycles. The van der Waals surface area contributed by atoms with Crippen LogP contribution in [0.2, 0.25) is 0 Å². The Morgan fingerprint density at radius 1 is 1.10 bits per heavy atom. The molecule has 4 nitrogen and oxygen atoms in total. The van der Waals surface area contributed by atoms with Gasteiger partial charge in [-0.25, -0.2) is 9.97 Å². The fourth-order valence-corrected chi connectivity index (χ4v) is 2.33. The smallest absolute Gasteiger partial charge is 0.136 e. The van der Waals surface area contributed by atoms with Crippen molar-refractivity contribution in [1.82, 2.24) is 9.97 Å². The SMILES string of the molecule is CCNc1cc(Nc2cc(C)ccc2C)nc(C2CC2)n1. The van der Waals surface area contributed by atoms with Crippen molar-refractivity contribution in [2.75, 3.05) is 17.2 Å². The Balaban J connectivity index is 1.91. The van der Waals surface area contributed by atoms with E-state index in [0.717, 1.165) is 29.7 Å². The molecule has 0 bridgehead atoms. The maximum atomic E-state index is 4.68. The predicted molar refractivity (Wildman–Crippen MR) is 87.4 cm³/mol. The Hall–Kier alpha value is -2.10. The molecule has 1 aliphatic carbocycles. The van der Waals surface area contributed by atoms with Crippen molar-refractivity contribution in [3.63, 3.8) is 0 Å². The Bertz CT molecular complexity index is 647. The van der Waals surface area contributed by atoms with Crippen LogP contribution in [0.25, 0.3) is 0 Å². The summed E-state index contributed by atoms with van der Waals surface area (Å²) >= 11 is 0. The molecule has 3 rings (SSSR count). The highest BCUT2D eigenvalue weighted by atomic mass is 15.1. The summed E-state index contributed by atoms with van der Waals surface area (Å²) in [7, 11) is 0. The Morgan fingerprint density at radius 3 is 2.57 bits per heavy atom. The number of benzene rings is 1. The highest BCUT2D eigenvalue weighted by Gasteiger charge is 2.27. The zero-order valence-electron chi connectivity index (χ0n) is 12.9. The van der Waals surface area contributed by atoms with Gasteiger partial charge in [-0.1, -0.05) is 12.1 Å². The van der Waals surface area contributed by atoms with Crippen LogP contribution in [0, 0.1) is 13.8 Å². The minimum absolute atomic E-state index is 0.544. The molecular formula is C17H22N4. The van der Waals surface area contributed by atoms with Crippen molar-refractivity contribution in [3.05, 3.63) is 41.2 Å². The van der Waals surface area contributed by atoms with Gasteiger partial charge in [0.2, 0.25) is 0 Å². The third-order valence-electron chi connectivity index (χ3n) is 3.70. The van der Waals surface area contributed by atoms with Gasteiger partial charge in [0.15, 0.2) is 0 Å². The maximum Gasteiger partial charge on any atom is 0.136 e. The van der Waals surface area contributed by atoms with Crippen LogP contribution in [0.4, 0.5) is 17.3 Å². The number of aromatic nitrogens is 2. The zero-order chi connectivity index (χ0) is 14.8. The molecule has 2 N–H and O–H groups in total. The van der Waals surface area contributed by atoms with Gasteiger partial charge < -0.3 is 10.6 Å². The molecule has 2 aromatic rings. The number of anilines is 3. The molecule has 1 fully saturated rings. The van der Waals surface area contributed by atoms with E-state index in [1.807, 2.05) is 6.07 Å². The van der Waals surface area contributed by atoms with E-state index in [2.05, 4.69) is 59.6 Å². The molecule has 0 amide bonds. The molecule has 0 saturated heterocycles. The monoisotopic (exact) mass is 282 g/mol. The first kappa shape index (κ1) is 13.9. The van der Waals surface area contributed by atoms with Gasteiger partial charge in [-0.2, -0.15) is 0 Å². The zero-order valence-corrected chi connectivity index (χ0v) is 12.9. The van der Waals surface area contributed by atoms with Gasteiger partial charge >= 0.3 is 0 Å². The molecule has 4 heteroatoms. The molecule has 0 radical (unpaired) electrons. The van der Waals surface area contributed by atoms with E-state index in [9.17, 15) is 0 Å². The lowest BCUT2D eigenvalue weighted by Crippen LogP contribution is -2.06.